The molecule has 166 valence electrons. The molecule has 0 bridgehead atoms. The van der Waals surface area contributed by atoms with Crippen LogP contribution in [-0.2, 0) is 16.1 Å². The highest BCUT2D eigenvalue weighted by molar-refractivity contribution is 9.10. The summed E-state index contributed by atoms with van der Waals surface area (Å²) >= 11 is 3.41. The van der Waals surface area contributed by atoms with Gasteiger partial charge in [-0.3, -0.25) is 4.79 Å². The normalized spacial score (nSPS) is 12.3. The van der Waals surface area contributed by atoms with Gasteiger partial charge in [0.25, 0.3) is 5.91 Å². The van der Waals surface area contributed by atoms with Gasteiger partial charge in [0.05, 0.1) is 11.3 Å². The summed E-state index contributed by atoms with van der Waals surface area (Å²) in [4.78, 5) is 25.0. The Morgan fingerprint density at radius 2 is 1.75 bits per heavy atom. The van der Waals surface area contributed by atoms with Gasteiger partial charge in [0.2, 0.25) is 0 Å². The number of ether oxygens (including phenoxy) is 3. The molecule has 2 aromatic carbocycles. The van der Waals surface area contributed by atoms with Crippen molar-refractivity contribution < 1.29 is 23.8 Å². The molecule has 1 N–H and O–H groups in total. The smallest absolute Gasteiger partial charge is 0.340 e. The summed E-state index contributed by atoms with van der Waals surface area (Å²) in [7, 11) is 0. The second kappa shape index (κ2) is 9.48. The number of benzene rings is 2. The number of hydrogen-bond donors (Lipinski definition) is 1. The summed E-state index contributed by atoms with van der Waals surface area (Å²) in [5, 5.41) is 2.73. The Labute approximate surface area is 194 Å². The van der Waals surface area contributed by atoms with E-state index >= 15 is 0 Å². The first kappa shape index (κ1) is 22.0. The molecule has 7 nitrogen and oxygen atoms in total. The van der Waals surface area contributed by atoms with E-state index in [4.69, 9.17) is 14.2 Å². The van der Waals surface area contributed by atoms with Crippen LogP contribution in [0.4, 0.5) is 5.69 Å². The maximum absolute atomic E-state index is 12.6. The minimum atomic E-state index is -0.534. The summed E-state index contributed by atoms with van der Waals surface area (Å²) in [6, 6.07) is 15.2. The average molecular weight is 499 g/mol. The molecule has 3 aromatic rings. The predicted octanol–water partition coefficient (Wildman–Crippen LogP) is 4.48. The molecule has 1 aliphatic rings. The Kier molecular flexibility index (Phi) is 6.50. The minimum Gasteiger partial charge on any atom is -0.486 e. The molecule has 1 aromatic heterocycles. The number of carbonyl (C=O) groups is 2. The van der Waals surface area contributed by atoms with Crippen molar-refractivity contribution in [2.45, 2.75) is 20.4 Å². The molecule has 32 heavy (non-hydrogen) atoms. The summed E-state index contributed by atoms with van der Waals surface area (Å²) in [5.41, 5.74) is 3.84. The Morgan fingerprint density at radius 1 is 1.06 bits per heavy atom. The van der Waals surface area contributed by atoms with E-state index in [1.54, 1.807) is 18.2 Å². The molecule has 0 atom stereocenters. The van der Waals surface area contributed by atoms with Crippen molar-refractivity contribution in [3.8, 4) is 11.5 Å². The van der Waals surface area contributed by atoms with E-state index in [-0.39, 0.29) is 0 Å². The molecule has 0 radical (unpaired) electrons. The van der Waals surface area contributed by atoms with Crippen molar-refractivity contribution in [1.82, 2.24) is 4.57 Å². The van der Waals surface area contributed by atoms with Gasteiger partial charge >= 0.3 is 5.97 Å². The van der Waals surface area contributed by atoms with Crippen molar-refractivity contribution in [2.24, 2.45) is 0 Å². The van der Waals surface area contributed by atoms with Gasteiger partial charge in [-0.05, 0) is 41.4 Å². The molecule has 1 aliphatic heterocycles. The Balaban J connectivity index is 1.39. The van der Waals surface area contributed by atoms with Crippen molar-refractivity contribution in [1.29, 1.82) is 0 Å². The first-order valence-electron chi connectivity index (χ1n) is 10.2. The lowest BCUT2D eigenvalue weighted by Crippen LogP contribution is -2.22. The number of rotatable bonds is 6. The fourth-order valence-electron chi connectivity index (χ4n) is 3.57. The summed E-state index contributed by atoms with van der Waals surface area (Å²) < 4.78 is 19.0. The number of aryl methyl sites for hydroxylation is 1. The van der Waals surface area contributed by atoms with Crippen molar-refractivity contribution in [3.63, 3.8) is 0 Å². The first-order chi connectivity index (χ1) is 15.4. The van der Waals surface area contributed by atoms with Crippen LogP contribution in [0.15, 0.2) is 53.0 Å². The molecule has 0 aliphatic carbocycles. The molecule has 8 heteroatoms. The summed E-state index contributed by atoms with van der Waals surface area (Å²) in [6.45, 7) is 5.00. The molecule has 0 spiro atoms. The van der Waals surface area contributed by atoms with Gasteiger partial charge in [0, 0.05) is 34.5 Å². The SMILES string of the molecule is Cc1cc(C(=O)OCC(=O)Nc2cc3c(cc2Br)OCCO3)c(C)n1Cc1ccccc1. The molecule has 4 rings (SSSR count). The minimum absolute atomic E-state index is 0.401. The third-order valence-corrected chi connectivity index (χ3v) is 5.87. The van der Waals surface area contributed by atoms with E-state index in [1.807, 2.05) is 44.2 Å². The predicted molar refractivity (Wildman–Crippen MR) is 123 cm³/mol. The van der Waals surface area contributed by atoms with Gasteiger partial charge in [-0.15, -0.1) is 0 Å². The van der Waals surface area contributed by atoms with Crippen LogP contribution in [0, 0.1) is 13.8 Å². The van der Waals surface area contributed by atoms with Gasteiger partial charge in [-0.2, -0.15) is 0 Å². The maximum Gasteiger partial charge on any atom is 0.340 e. The summed E-state index contributed by atoms with van der Waals surface area (Å²) in [6.07, 6.45) is 0. The largest absolute Gasteiger partial charge is 0.486 e. The highest BCUT2D eigenvalue weighted by Gasteiger charge is 2.20. The van der Waals surface area contributed by atoms with Crippen LogP contribution in [0.1, 0.15) is 27.3 Å². The number of esters is 1. The van der Waals surface area contributed by atoms with Gasteiger partial charge in [0.15, 0.2) is 18.1 Å². The fourth-order valence-corrected chi connectivity index (χ4v) is 3.99. The number of nitrogens with one attached hydrogen (secondary N) is 1. The second-order valence-corrected chi connectivity index (χ2v) is 8.31. The van der Waals surface area contributed by atoms with Crippen LogP contribution >= 0.6 is 15.9 Å². The summed E-state index contributed by atoms with van der Waals surface area (Å²) in [5.74, 6) is 0.179. The zero-order chi connectivity index (χ0) is 22.7. The van der Waals surface area contributed by atoms with E-state index in [0.29, 0.717) is 47.0 Å². The lowest BCUT2D eigenvalue weighted by atomic mass is 10.2. The van der Waals surface area contributed by atoms with E-state index in [1.165, 1.54) is 0 Å². The van der Waals surface area contributed by atoms with Gasteiger partial charge in [0.1, 0.15) is 13.2 Å². The third kappa shape index (κ3) is 4.80. The zero-order valence-corrected chi connectivity index (χ0v) is 19.4. The van der Waals surface area contributed by atoms with Crippen LogP contribution in [-0.4, -0.2) is 36.3 Å². The maximum atomic E-state index is 12.6. The van der Waals surface area contributed by atoms with Crippen molar-refractivity contribution in [2.75, 3.05) is 25.1 Å². The highest BCUT2D eigenvalue weighted by atomic mass is 79.9. The lowest BCUT2D eigenvalue weighted by molar-refractivity contribution is -0.119. The Morgan fingerprint density at radius 3 is 2.47 bits per heavy atom. The van der Waals surface area contributed by atoms with Gasteiger partial charge in [-0.25, -0.2) is 4.79 Å². The number of fused-ring (bicyclic) bond motifs is 1. The Hall–Kier alpha value is -3.26. The van der Waals surface area contributed by atoms with Gasteiger partial charge < -0.3 is 24.1 Å². The third-order valence-electron chi connectivity index (χ3n) is 5.22. The van der Waals surface area contributed by atoms with E-state index < -0.39 is 18.5 Å². The highest BCUT2D eigenvalue weighted by Crippen LogP contribution is 2.38. The monoisotopic (exact) mass is 498 g/mol. The molecule has 0 saturated heterocycles. The number of carbonyl (C=O) groups excluding carboxylic acids is 2. The molecule has 1 amide bonds. The van der Waals surface area contributed by atoms with Gasteiger partial charge in [-0.1, -0.05) is 30.3 Å². The number of aromatic nitrogens is 1. The topological polar surface area (TPSA) is 78.8 Å². The van der Waals surface area contributed by atoms with Crippen molar-refractivity contribution in [3.05, 3.63) is 75.5 Å². The lowest BCUT2D eigenvalue weighted by Gasteiger charge is -2.20. The number of anilines is 1. The van der Waals surface area contributed by atoms with E-state index in [0.717, 1.165) is 17.0 Å². The molecule has 0 unspecified atom stereocenters. The molecule has 2 heterocycles. The number of halogens is 1. The quantitative estimate of drug-likeness (QED) is 0.506. The van der Waals surface area contributed by atoms with E-state index in [9.17, 15) is 9.59 Å². The fraction of sp³-hybridized carbons (Fsp3) is 0.250. The molecule has 0 fully saturated rings. The number of hydrogen-bond acceptors (Lipinski definition) is 5. The average Bonchev–Trinajstić information content (AvgIpc) is 3.07. The Bertz CT molecular complexity index is 1160. The van der Waals surface area contributed by atoms with E-state index in [2.05, 4.69) is 25.8 Å². The molecular formula is C24H23BrN2O5. The van der Waals surface area contributed by atoms with Crippen LogP contribution in [0.3, 0.4) is 0 Å². The second-order valence-electron chi connectivity index (χ2n) is 7.46. The van der Waals surface area contributed by atoms with Crippen LogP contribution < -0.4 is 14.8 Å². The van der Waals surface area contributed by atoms with Crippen LogP contribution in [0.2, 0.25) is 0 Å². The number of nitrogens with zero attached hydrogens (tertiary/aromatic N) is 1. The van der Waals surface area contributed by atoms with Crippen LogP contribution in [0.25, 0.3) is 0 Å². The standard InChI is InChI=1S/C24H23BrN2O5/c1-15-10-18(16(2)27(15)13-17-6-4-3-5-7-17)24(29)32-14-23(28)26-20-12-22-21(11-19(20)25)30-8-9-31-22/h3-7,10-12H,8-9,13-14H2,1-2H3,(H,26,28). The van der Waals surface area contributed by atoms with Crippen molar-refractivity contribution >= 4 is 33.5 Å². The zero-order valence-electron chi connectivity index (χ0n) is 17.8. The van der Waals surface area contributed by atoms with Crippen LogP contribution in [0.5, 0.6) is 11.5 Å². The number of amides is 1. The first-order valence-corrected chi connectivity index (χ1v) is 11.0. The molecule has 0 saturated carbocycles. The molecular weight excluding hydrogens is 476 g/mol.